The van der Waals surface area contributed by atoms with Crippen molar-refractivity contribution in [2.45, 2.75) is 130 Å². The Balaban J connectivity index is 0.000000126. The van der Waals surface area contributed by atoms with Crippen LogP contribution >= 0.6 is 31.9 Å². The third-order valence-corrected chi connectivity index (χ3v) is 21.2. The average Bonchev–Trinajstić information content (AvgIpc) is 1.64. The van der Waals surface area contributed by atoms with Gasteiger partial charge in [-0.3, -0.25) is 24.9 Å². The van der Waals surface area contributed by atoms with E-state index in [2.05, 4.69) is 128 Å². The van der Waals surface area contributed by atoms with Crippen LogP contribution in [0.2, 0.25) is 0 Å². The van der Waals surface area contributed by atoms with Crippen LogP contribution in [0.15, 0.2) is 204 Å². The van der Waals surface area contributed by atoms with Gasteiger partial charge in [0.1, 0.15) is 23.3 Å². The SMILES string of the molecule is Brc1ccc2ncccc2c1.CC1(C)OB(B2OC(C)(C)C(C)(C)O2)OC1(C)C.CC1(C)OB(c2ccc3ncccc3c2)OC1(C)C.Nc1nc(-c2ccc(F)cc2)c(-c2ccc3ncccc3c2)c2nc(Cc3ncccc3F)nn12.Nc1nc(-c2ccc(F)cc2)c(Br)c2nc(Cc3ncccc3F)nn12. The van der Waals surface area contributed by atoms with Crippen molar-refractivity contribution >= 4 is 114 Å². The first-order valence-corrected chi connectivity index (χ1v) is 36.5. The van der Waals surface area contributed by atoms with Crippen LogP contribution in [0.1, 0.15) is 106 Å². The number of anilines is 2. The van der Waals surface area contributed by atoms with Crippen LogP contribution in [0, 0.1) is 23.3 Å². The number of nitrogen functional groups attached to an aromatic ring is 2. The summed E-state index contributed by atoms with van der Waals surface area (Å²) in [6.45, 7) is 24.5. The van der Waals surface area contributed by atoms with Crippen molar-refractivity contribution in [1.82, 2.24) is 64.1 Å². The van der Waals surface area contributed by atoms with Crippen LogP contribution in [0.5, 0.6) is 0 Å². The quantitative estimate of drug-likeness (QED) is 0.101. The van der Waals surface area contributed by atoms with Gasteiger partial charge in [-0.25, -0.2) is 37.5 Å². The molecule has 0 atom stereocenters. The highest BCUT2D eigenvalue weighted by Crippen LogP contribution is 2.44. The summed E-state index contributed by atoms with van der Waals surface area (Å²) in [6.07, 6.45) is 8.56. The maximum absolute atomic E-state index is 14.2. The summed E-state index contributed by atoms with van der Waals surface area (Å²) in [5.41, 5.74) is 19.3. The molecule has 3 fully saturated rings. The Kier molecular flexibility index (Phi) is 21.8. The second kappa shape index (κ2) is 30.8. The number of nitrogens with two attached hydrogens (primary N) is 2. The number of hydrogen-bond acceptors (Lipinski definition) is 19. The van der Waals surface area contributed by atoms with Gasteiger partial charge in [0.15, 0.2) is 22.9 Å². The Morgan fingerprint density at radius 2 is 0.771 bits per heavy atom. The van der Waals surface area contributed by atoms with Crippen molar-refractivity contribution in [1.29, 1.82) is 0 Å². The lowest BCUT2D eigenvalue weighted by Gasteiger charge is -2.32. The Morgan fingerprint density at radius 1 is 0.394 bits per heavy atom. The van der Waals surface area contributed by atoms with Crippen molar-refractivity contribution in [3.8, 4) is 33.6 Å². The van der Waals surface area contributed by atoms with E-state index in [1.165, 1.54) is 75.3 Å². The molecule has 109 heavy (non-hydrogen) atoms. The third-order valence-electron chi connectivity index (χ3n) is 20.0. The molecule has 14 aromatic rings. The lowest BCUT2D eigenvalue weighted by atomic mass is 9.49. The van der Waals surface area contributed by atoms with E-state index in [4.69, 9.17) is 44.4 Å². The van der Waals surface area contributed by atoms with Gasteiger partial charge in [0.25, 0.3) is 0 Å². The standard InChI is InChI=1S/C26H17F2N7.C17H11BrF2N6.C15H18BNO2.C12H24B2O4.C9H6BrN/c27-18-8-5-15(6-9-18)24-23(17-7-10-20-16(13-17)3-1-11-30-20)25-32-22(34-35(25)26(29)33-24)14-21-19(28)4-2-12-31-21;18-14-15(9-3-5-10(19)6-4-9)24-17(21)26-16(14)23-13(25-26)8-12-11(20)2-1-7-22-12;1-14(2)15(3,4)19-16(18-14)12-7-8-13-11(10-12)6-5-9-17-13;1-9(2)10(3,4)16-13(15-9)14-17-11(5,6)12(7,8)18-14;10-8-3-4-9-7(6-8)2-1-5-11-9/h1-13H,14H2,(H2,29,33);1-7H,8H2,(H2,21,24);5-10H,1-4H3;1-8H3;1-6H. The second-order valence-electron chi connectivity index (χ2n) is 29.1. The molecule has 30 heteroatoms. The first kappa shape index (κ1) is 77.1. The average molecular weight is 1600 g/mol. The maximum Gasteiger partial charge on any atom is 0.494 e. The van der Waals surface area contributed by atoms with Crippen LogP contribution in [-0.2, 0) is 40.8 Å². The molecule has 4 N–H and O–H groups in total. The number of halogens is 6. The van der Waals surface area contributed by atoms with Gasteiger partial charge in [-0.15, -0.1) is 10.2 Å². The summed E-state index contributed by atoms with van der Waals surface area (Å²) in [7, 11) is -1.26. The normalized spacial score (nSPS) is 16.3. The molecule has 0 bridgehead atoms. The Morgan fingerprint density at radius 3 is 1.25 bits per heavy atom. The fourth-order valence-electron chi connectivity index (χ4n) is 11.9. The van der Waals surface area contributed by atoms with E-state index in [9.17, 15) is 17.6 Å². The highest BCUT2D eigenvalue weighted by molar-refractivity contribution is 9.11. The smallest absolute Gasteiger partial charge is 0.405 e. The molecule has 554 valence electrons. The van der Waals surface area contributed by atoms with Gasteiger partial charge in [-0.1, -0.05) is 52.3 Å². The number of pyridine rings is 5. The molecule has 9 aromatic heterocycles. The topological polar surface area (TPSA) is 258 Å². The van der Waals surface area contributed by atoms with Gasteiger partial charge in [-0.05, 0) is 243 Å². The minimum atomic E-state index is -0.476. The minimum absolute atomic E-state index is 0.0841. The molecule has 3 aliphatic heterocycles. The van der Waals surface area contributed by atoms with Gasteiger partial charge in [-0.2, -0.15) is 9.03 Å². The van der Waals surface area contributed by atoms with E-state index >= 15 is 0 Å². The van der Waals surface area contributed by atoms with Crippen LogP contribution in [0.25, 0.3) is 77.6 Å². The van der Waals surface area contributed by atoms with E-state index in [0.29, 0.717) is 55.5 Å². The van der Waals surface area contributed by atoms with Crippen LogP contribution in [0.4, 0.5) is 29.5 Å². The largest absolute Gasteiger partial charge is 0.494 e. The third kappa shape index (κ3) is 16.6. The molecule has 17 rings (SSSR count). The van der Waals surface area contributed by atoms with E-state index in [-0.39, 0.29) is 88.5 Å². The number of rotatable bonds is 9. The lowest BCUT2D eigenvalue weighted by Crippen LogP contribution is -2.41. The Bertz CT molecular complexity index is 5610. The molecule has 0 amide bonds. The van der Waals surface area contributed by atoms with Crippen molar-refractivity contribution in [3.63, 3.8) is 0 Å². The monoisotopic (exact) mass is 1600 g/mol. The molecule has 3 saturated heterocycles. The zero-order valence-corrected chi connectivity index (χ0v) is 65.0. The van der Waals surface area contributed by atoms with E-state index in [1.807, 2.05) is 128 Å². The molecule has 0 unspecified atom stereocenters. The Labute approximate surface area is 644 Å². The van der Waals surface area contributed by atoms with Gasteiger partial charge in [0.05, 0.1) is 95.8 Å². The number of hydrogen-bond donors (Lipinski definition) is 2. The highest BCUT2D eigenvalue weighted by Gasteiger charge is 2.64. The van der Waals surface area contributed by atoms with E-state index in [0.717, 1.165) is 42.8 Å². The molecule has 0 saturated carbocycles. The molecule has 0 radical (unpaired) electrons. The molecule has 12 heterocycles. The molecular weight excluding hydrogens is 1520 g/mol. The zero-order valence-electron chi connectivity index (χ0n) is 61.8. The number of fused-ring (bicyclic) bond motifs is 5. The number of benzene rings is 5. The first-order valence-electron chi connectivity index (χ1n) is 35.0. The summed E-state index contributed by atoms with van der Waals surface area (Å²) in [5, 5.41) is 12.0. The van der Waals surface area contributed by atoms with Crippen molar-refractivity contribution in [2.24, 2.45) is 0 Å². The summed E-state index contributed by atoms with van der Waals surface area (Å²) in [6, 6.07) is 47.4. The van der Waals surface area contributed by atoms with E-state index in [1.54, 1.807) is 42.9 Å². The van der Waals surface area contributed by atoms with Crippen LogP contribution in [-0.4, -0.2) is 119 Å². The summed E-state index contributed by atoms with van der Waals surface area (Å²) in [4.78, 5) is 39.1. The zero-order chi connectivity index (χ0) is 77.5. The molecule has 21 nitrogen and oxygen atoms in total. The van der Waals surface area contributed by atoms with Gasteiger partial charge in [0.2, 0.25) is 11.9 Å². The minimum Gasteiger partial charge on any atom is -0.405 e. The summed E-state index contributed by atoms with van der Waals surface area (Å²) < 4.78 is 95.3. The first-order chi connectivity index (χ1) is 51.7. The number of aromatic nitrogens is 13. The maximum atomic E-state index is 14.2. The van der Waals surface area contributed by atoms with Crippen molar-refractivity contribution < 1.29 is 45.5 Å². The molecular formula is C79H76B3Br2F4N15O6. The highest BCUT2D eigenvalue weighted by atomic mass is 79.9. The predicted octanol–water partition coefficient (Wildman–Crippen LogP) is 16.0. The molecule has 0 spiro atoms. The van der Waals surface area contributed by atoms with E-state index < -0.39 is 25.7 Å². The molecule has 0 aliphatic carbocycles. The summed E-state index contributed by atoms with van der Waals surface area (Å²) >= 11 is 6.86. The van der Waals surface area contributed by atoms with Gasteiger partial charge in [0, 0.05) is 57.4 Å². The van der Waals surface area contributed by atoms with Crippen LogP contribution < -0.4 is 16.9 Å². The fraction of sp³-hybridized carbons (Fsp3) is 0.253. The van der Waals surface area contributed by atoms with Crippen LogP contribution in [0.3, 0.4) is 0 Å². The molecule has 5 aromatic carbocycles. The predicted molar refractivity (Wildman–Crippen MR) is 423 cm³/mol. The molecule has 3 aliphatic rings. The van der Waals surface area contributed by atoms with Crippen molar-refractivity contribution in [2.75, 3.05) is 11.5 Å². The number of nitrogens with zero attached hydrogens (tertiary/aromatic N) is 13. The van der Waals surface area contributed by atoms with Gasteiger partial charge < -0.3 is 39.4 Å². The van der Waals surface area contributed by atoms with Gasteiger partial charge >= 0.3 is 21.1 Å². The van der Waals surface area contributed by atoms with Crippen molar-refractivity contribution in [3.05, 3.63) is 250 Å². The second-order valence-corrected chi connectivity index (χ2v) is 30.8. The summed E-state index contributed by atoms with van der Waals surface area (Å²) in [5.74, 6) is -0.655. The fourth-order valence-corrected chi connectivity index (χ4v) is 12.9. The Hall–Kier alpha value is -10.0. The lowest BCUT2D eigenvalue weighted by molar-refractivity contribution is 0.00578.